The summed E-state index contributed by atoms with van der Waals surface area (Å²) in [5.74, 6) is 2.22. The molecule has 1 aliphatic rings. The summed E-state index contributed by atoms with van der Waals surface area (Å²) in [6.07, 6.45) is 5.77. The van der Waals surface area contributed by atoms with Gasteiger partial charge in [0.05, 0.1) is 37.5 Å². The lowest BCUT2D eigenvalue weighted by atomic mass is 10.2. The van der Waals surface area contributed by atoms with Crippen molar-refractivity contribution in [3.05, 3.63) is 27.0 Å². The molecular weight excluding hydrogens is 435 g/mol. The number of aromatic nitrogens is 2. The fraction of sp³-hybridized carbons (Fsp3) is 0.667. The van der Waals surface area contributed by atoms with E-state index in [2.05, 4.69) is 49.3 Å². The van der Waals surface area contributed by atoms with Gasteiger partial charge in [0.2, 0.25) is 5.75 Å². The van der Waals surface area contributed by atoms with E-state index in [1.165, 1.54) is 10.8 Å². The number of aromatic amines is 1. The molecule has 0 spiro atoms. The average molecular weight is 466 g/mol. The van der Waals surface area contributed by atoms with Crippen LogP contribution in [0, 0.1) is 23.7 Å². The van der Waals surface area contributed by atoms with Gasteiger partial charge in [-0.25, -0.2) is 9.46 Å². The lowest BCUT2D eigenvalue weighted by molar-refractivity contribution is -0.00906. The Morgan fingerprint density at radius 2 is 2.06 bits per heavy atom. The number of nitriles is 1. The molecule has 10 nitrogen and oxygen atoms in total. The third kappa shape index (κ3) is 6.65. The highest BCUT2D eigenvalue weighted by Crippen LogP contribution is 2.49. The normalized spacial score (nSPS) is 21.6. The van der Waals surface area contributed by atoms with E-state index < -0.39 is 26.0 Å². The van der Waals surface area contributed by atoms with Crippen LogP contribution in [0.4, 0.5) is 0 Å². The molecule has 0 saturated carbocycles. The molecule has 4 atom stereocenters. The Hall–Kier alpha value is -2.20. The van der Waals surface area contributed by atoms with Crippen LogP contribution in [0.25, 0.3) is 0 Å². The molecular formula is C21H31N4O6P. The fourth-order valence-corrected chi connectivity index (χ4v) is 5.20. The minimum atomic E-state index is -1.46. The van der Waals surface area contributed by atoms with E-state index in [-0.39, 0.29) is 49.7 Å². The van der Waals surface area contributed by atoms with Gasteiger partial charge in [0.25, 0.3) is 14.1 Å². The Morgan fingerprint density at radius 3 is 2.66 bits per heavy atom. The maximum Gasteiger partial charge on any atom is 0.330 e. The van der Waals surface area contributed by atoms with E-state index in [0.29, 0.717) is 6.42 Å². The minimum absolute atomic E-state index is 0.0592. The summed E-state index contributed by atoms with van der Waals surface area (Å²) in [5, 5.41) is 8.87. The highest BCUT2D eigenvalue weighted by Gasteiger charge is 2.39. The predicted octanol–water partition coefficient (Wildman–Crippen LogP) is 2.52. The second-order valence-electron chi connectivity index (χ2n) is 7.87. The lowest BCUT2D eigenvalue weighted by Gasteiger charge is -2.37. The predicted molar refractivity (Wildman–Crippen MR) is 120 cm³/mol. The van der Waals surface area contributed by atoms with Crippen molar-refractivity contribution in [3.63, 3.8) is 0 Å². The smallest absolute Gasteiger partial charge is 0.330 e. The van der Waals surface area contributed by atoms with Crippen LogP contribution >= 0.6 is 8.53 Å². The molecule has 1 aliphatic heterocycles. The summed E-state index contributed by atoms with van der Waals surface area (Å²) in [6.45, 7) is 10.2. The largest absolute Gasteiger partial charge is 0.474 e. The van der Waals surface area contributed by atoms with Gasteiger partial charge in [0.1, 0.15) is 12.8 Å². The van der Waals surface area contributed by atoms with Crippen LogP contribution in [0.5, 0.6) is 5.75 Å². The number of nitrogens with one attached hydrogen (secondary N) is 1. The maximum atomic E-state index is 12.4. The van der Waals surface area contributed by atoms with Crippen molar-refractivity contribution < 1.29 is 18.5 Å². The van der Waals surface area contributed by atoms with Crippen LogP contribution < -0.4 is 16.0 Å². The Kier molecular flexibility index (Phi) is 9.89. The molecule has 2 rings (SSSR count). The zero-order valence-electron chi connectivity index (χ0n) is 19.1. The summed E-state index contributed by atoms with van der Waals surface area (Å²) in [4.78, 5) is 26.5. The first-order chi connectivity index (χ1) is 15.2. The Balaban J connectivity index is 2.22. The summed E-state index contributed by atoms with van der Waals surface area (Å²) in [6, 6.07) is 2.40. The number of H-pyrrole nitrogens is 1. The number of hydrogen-bond acceptors (Lipinski definition) is 8. The van der Waals surface area contributed by atoms with E-state index >= 15 is 0 Å². The van der Waals surface area contributed by atoms with Crippen LogP contribution in [0.2, 0.25) is 0 Å². The summed E-state index contributed by atoms with van der Waals surface area (Å²) < 4.78 is 26.9. The minimum Gasteiger partial charge on any atom is -0.474 e. The molecule has 1 aromatic rings. The van der Waals surface area contributed by atoms with E-state index in [4.69, 9.17) is 30.2 Å². The second-order valence-corrected chi connectivity index (χ2v) is 9.28. The Bertz CT molecular complexity index is 939. The van der Waals surface area contributed by atoms with Gasteiger partial charge in [0, 0.05) is 18.5 Å². The van der Waals surface area contributed by atoms with E-state index in [1.54, 1.807) is 0 Å². The van der Waals surface area contributed by atoms with Crippen molar-refractivity contribution in [3.8, 4) is 24.2 Å². The van der Waals surface area contributed by atoms with Crippen molar-refractivity contribution in [2.75, 3.05) is 13.2 Å². The lowest BCUT2D eigenvalue weighted by Crippen LogP contribution is -2.35. The quantitative estimate of drug-likeness (QED) is 0.300. The SMILES string of the molecule is C#CCOc1cn([C@H]2C[C@@H](OP(OCCC#N)N(C(C)C)C(C)C)[C@@H](C)O2)c(=O)[nH]c1=O. The average Bonchev–Trinajstić information content (AvgIpc) is 3.07. The standard InChI is InChI=1S/C21H31N4O6P/c1-7-10-28-18-13-24(21(27)23-20(18)26)19-12-17(16(6)30-19)31-32(29-11-8-9-22)25(14(2)3)15(4)5/h1,13-17,19H,8,10-12H2,2-6H3,(H,23,26,27)/t16-,17-,19-,32?/m1/s1. The Morgan fingerprint density at radius 1 is 1.38 bits per heavy atom. The van der Waals surface area contributed by atoms with Gasteiger partial charge in [-0.05, 0) is 34.6 Å². The van der Waals surface area contributed by atoms with Gasteiger partial charge >= 0.3 is 5.69 Å². The van der Waals surface area contributed by atoms with Crippen LogP contribution in [-0.4, -0.2) is 51.7 Å². The van der Waals surface area contributed by atoms with Crippen molar-refractivity contribution in [1.82, 2.24) is 14.2 Å². The van der Waals surface area contributed by atoms with Gasteiger partial charge in [-0.15, -0.1) is 6.42 Å². The highest BCUT2D eigenvalue weighted by molar-refractivity contribution is 7.44. The maximum absolute atomic E-state index is 12.4. The van der Waals surface area contributed by atoms with Gasteiger partial charge in [-0.1, -0.05) is 5.92 Å². The number of nitrogens with zero attached hydrogens (tertiary/aromatic N) is 3. The molecule has 0 radical (unpaired) electrons. The molecule has 1 unspecified atom stereocenters. The van der Waals surface area contributed by atoms with Gasteiger partial charge < -0.3 is 18.5 Å². The fourth-order valence-electron chi connectivity index (χ4n) is 3.40. The number of ether oxygens (including phenoxy) is 2. The molecule has 176 valence electrons. The first kappa shape index (κ1) is 26.1. The molecule has 1 N–H and O–H groups in total. The Labute approximate surface area is 189 Å². The first-order valence-corrected chi connectivity index (χ1v) is 11.6. The van der Waals surface area contributed by atoms with Gasteiger partial charge in [0.15, 0.2) is 0 Å². The third-order valence-electron chi connectivity index (χ3n) is 4.77. The van der Waals surface area contributed by atoms with Gasteiger partial charge in [-0.3, -0.25) is 14.3 Å². The van der Waals surface area contributed by atoms with E-state index in [0.717, 1.165) is 0 Å². The monoisotopic (exact) mass is 466 g/mol. The zero-order chi connectivity index (χ0) is 23.8. The molecule has 0 aliphatic carbocycles. The number of terminal acetylenes is 1. The summed E-state index contributed by atoms with van der Waals surface area (Å²) >= 11 is 0. The summed E-state index contributed by atoms with van der Waals surface area (Å²) in [7, 11) is -1.46. The van der Waals surface area contributed by atoms with Crippen molar-refractivity contribution >= 4 is 8.53 Å². The highest BCUT2D eigenvalue weighted by atomic mass is 31.2. The molecule has 0 aromatic carbocycles. The van der Waals surface area contributed by atoms with E-state index in [1.807, 2.05) is 6.92 Å². The van der Waals surface area contributed by atoms with Crippen molar-refractivity contribution in [1.29, 1.82) is 5.26 Å². The molecule has 1 fully saturated rings. The summed E-state index contributed by atoms with van der Waals surface area (Å²) in [5.41, 5.74) is -1.27. The second kappa shape index (κ2) is 12.2. The first-order valence-electron chi connectivity index (χ1n) is 10.5. The van der Waals surface area contributed by atoms with E-state index in [9.17, 15) is 9.59 Å². The van der Waals surface area contributed by atoms with Crippen LogP contribution in [0.3, 0.4) is 0 Å². The third-order valence-corrected chi connectivity index (χ3v) is 6.93. The molecule has 0 bridgehead atoms. The topological polar surface area (TPSA) is 119 Å². The number of rotatable bonds is 11. The molecule has 11 heteroatoms. The molecule has 1 saturated heterocycles. The zero-order valence-corrected chi connectivity index (χ0v) is 20.0. The number of hydrogen-bond donors (Lipinski definition) is 1. The van der Waals surface area contributed by atoms with Crippen molar-refractivity contribution in [2.45, 2.75) is 78.0 Å². The van der Waals surface area contributed by atoms with Crippen LogP contribution in [0.1, 0.15) is 53.7 Å². The van der Waals surface area contributed by atoms with Crippen LogP contribution in [0.15, 0.2) is 15.8 Å². The molecule has 0 amide bonds. The van der Waals surface area contributed by atoms with Gasteiger partial charge in [-0.2, -0.15) is 5.26 Å². The van der Waals surface area contributed by atoms with Crippen molar-refractivity contribution in [2.24, 2.45) is 0 Å². The van der Waals surface area contributed by atoms with Crippen LogP contribution in [-0.2, 0) is 13.8 Å². The molecule has 32 heavy (non-hydrogen) atoms. The molecule has 2 heterocycles. The molecule has 1 aromatic heterocycles.